The fourth-order valence-corrected chi connectivity index (χ4v) is 10.2. The van der Waals surface area contributed by atoms with Crippen molar-refractivity contribution in [2.75, 3.05) is 19.9 Å². The first-order valence-electron chi connectivity index (χ1n) is 14.4. The first-order valence-corrected chi connectivity index (χ1v) is 16.4. The number of rotatable bonds is 10. The van der Waals surface area contributed by atoms with Crippen LogP contribution in [0.1, 0.15) is 32.7 Å². The van der Waals surface area contributed by atoms with Crippen molar-refractivity contribution < 1.29 is 19.1 Å². The highest BCUT2D eigenvalue weighted by atomic mass is 31.2. The zero-order chi connectivity index (χ0) is 29.6. The second kappa shape index (κ2) is 12.6. The highest BCUT2D eigenvalue weighted by molar-refractivity contribution is 7.95. The van der Waals surface area contributed by atoms with Gasteiger partial charge in [0, 0.05) is 17.5 Å². The fraction of sp³-hybridized carbons (Fsp3) is 0.105. The van der Waals surface area contributed by atoms with Crippen molar-refractivity contribution in [1.29, 1.82) is 0 Å². The lowest BCUT2D eigenvalue weighted by molar-refractivity contribution is 0.0892. The van der Waals surface area contributed by atoms with Crippen LogP contribution < -0.4 is 20.7 Å². The van der Waals surface area contributed by atoms with Crippen molar-refractivity contribution in [3.63, 3.8) is 0 Å². The molecule has 1 aliphatic carbocycles. The van der Waals surface area contributed by atoms with E-state index in [1.54, 1.807) is 55.6 Å². The summed E-state index contributed by atoms with van der Waals surface area (Å²) in [4.78, 5) is 27.5. The molecule has 4 nitrogen and oxygen atoms in total. The lowest BCUT2D eigenvalue weighted by Crippen LogP contribution is -2.33. The Kier molecular flexibility index (Phi) is 8.31. The molecule has 1 aliphatic rings. The molecule has 212 valence electrons. The van der Waals surface area contributed by atoms with Crippen molar-refractivity contribution in [2.45, 2.75) is 6.42 Å². The molecule has 0 fully saturated rings. The van der Waals surface area contributed by atoms with Crippen LogP contribution in [0.5, 0.6) is 5.75 Å². The molecule has 0 bridgehead atoms. The molecule has 43 heavy (non-hydrogen) atoms. The molecule has 0 aliphatic heterocycles. The standard InChI is InChI=1S/C38H32O4P/c1-41-29-24-22-28(23-25-29)35-36(39)33-20-11-12-21-34(33)37(40)38(35)42-26-13-27-43(30-14-5-2-6-15-30,31-16-7-3-8-17-31)32-18-9-4-10-19-32/h2-12,14-25H,13,26-27H2,1H3/q+1. The van der Waals surface area contributed by atoms with Gasteiger partial charge in [-0.05, 0) is 54.1 Å². The van der Waals surface area contributed by atoms with Crippen LogP contribution in [0.3, 0.4) is 0 Å². The van der Waals surface area contributed by atoms with E-state index in [2.05, 4.69) is 72.8 Å². The first kappa shape index (κ1) is 28.3. The molecular weight excluding hydrogens is 551 g/mol. The minimum Gasteiger partial charge on any atom is -0.497 e. The smallest absolute Gasteiger partial charge is 0.229 e. The summed E-state index contributed by atoms with van der Waals surface area (Å²) in [7, 11) is -0.453. The van der Waals surface area contributed by atoms with E-state index >= 15 is 0 Å². The third kappa shape index (κ3) is 5.43. The summed E-state index contributed by atoms with van der Waals surface area (Å²) in [6, 6.07) is 46.2. The highest BCUT2D eigenvalue weighted by Crippen LogP contribution is 2.55. The Balaban J connectivity index is 1.36. The number of Topliss-reactive ketones (excluding diaryl/α,β-unsaturated/α-hetero) is 2. The summed E-state index contributed by atoms with van der Waals surface area (Å²) in [6.45, 7) is 0.296. The van der Waals surface area contributed by atoms with Gasteiger partial charge in [0.15, 0.2) is 11.5 Å². The summed E-state index contributed by atoms with van der Waals surface area (Å²) in [5.41, 5.74) is 1.69. The van der Waals surface area contributed by atoms with Crippen LogP contribution in [-0.2, 0) is 4.74 Å². The Morgan fingerprint density at radius 2 is 1.02 bits per heavy atom. The van der Waals surface area contributed by atoms with Gasteiger partial charge >= 0.3 is 0 Å². The second-order valence-electron chi connectivity index (χ2n) is 10.4. The van der Waals surface area contributed by atoms with Crippen molar-refractivity contribution in [3.8, 4) is 5.75 Å². The number of ether oxygens (including phenoxy) is 2. The molecule has 5 aromatic rings. The second-order valence-corrected chi connectivity index (χ2v) is 14.0. The molecule has 0 spiro atoms. The molecule has 0 radical (unpaired) electrons. The number of benzene rings is 5. The van der Waals surface area contributed by atoms with E-state index in [0.717, 1.165) is 6.16 Å². The van der Waals surface area contributed by atoms with Gasteiger partial charge in [-0.2, -0.15) is 0 Å². The van der Waals surface area contributed by atoms with Crippen LogP contribution in [0.4, 0.5) is 0 Å². The average Bonchev–Trinajstić information content (AvgIpc) is 3.08. The van der Waals surface area contributed by atoms with E-state index in [9.17, 15) is 9.59 Å². The number of methoxy groups -OCH3 is 1. The maximum Gasteiger partial charge on any atom is 0.229 e. The summed E-state index contributed by atoms with van der Waals surface area (Å²) in [5, 5.41) is 3.88. The Morgan fingerprint density at radius 1 is 0.558 bits per heavy atom. The van der Waals surface area contributed by atoms with Crippen LogP contribution in [0.25, 0.3) is 5.57 Å². The third-order valence-electron chi connectivity index (χ3n) is 7.93. The van der Waals surface area contributed by atoms with E-state index < -0.39 is 7.26 Å². The van der Waals surface area contributed by atoms with Crippen molar-refractivity contribution in [2.24, 2.45) is 0 Å². The van der Waals surface area contributed by atoms with Gasteiger partial charge in [0.25, 0.3) is 0 Å². The number of carbonyl (C=O) groups excluding carboxylic acids is 2. The number of ketones is 2. The molecule has 0 N–H and O–H groups in total. The van der Waals surface area contributed by atoms with Gasteiger partial charge in [-0.25, -0.2) is 0 Å². The molecule has 5 heteroatoms. The number of hydrogen-bond donors (Lipinski definition) is 0. The lowest BCUT2D eigenvalue weighted by Gasteiger charge is -2.28. The predicted molar refractivity (Wildman–Crippen MR) is 176 cm³/mol. The molecule has 0 amide bonds. The molecule has 0 atom stereocenters. The zero-order valence-electron chi connectivity index (χ0n) is 24.0. The van der Waals surface area contributed by atoms with Gasteiger partial charge in [-0.3, -0.25) is 9.59 Å². The SMILES string of the molecule is COc1ccc(C2=C(OCCC[P+](c3ccccc3)(c3ccccc3)c3ccccc3)C(=O)c3ccccc3C2=O)cc1. The van der Waals surface area contributed by atoms with Crippen LogP contribution in [0, 0.1) is 0 Å². The van der Waals surface area contributed by atoms with Gasteiger partial charge in [-0.15, -0.1) is 0 Å². The predicted octanol–water partition coefficient (Wildman–Crippen LogP) is 6.89. The summed E-state index contributed by atoms with van der Waals surface area (Å²) in [5.74, 6) is 0.299. The normalized spacial score (nSPS) is 13.0. The van der Waals surface area contributed by atoms with E-state index in [1.807, 2.05) is 18.2 Å². The lowest BCUT2D eigenvalue weighted by atomic mass is 9.85. The minimum absolute atomic E-state index is 0.108. The quantitative estimate of drug-likeness (QED) is 0.133. The minimum atomic E-state index is -2.05. The Labute approximate surface area is 253 Å². The molecule has 6 rings (SSSR count). The van der Waals surface area contributed by atoms with E-state index in [0.29, 0.717) is 41.0 Å². The number of fused-ring (bicyclic) bond motifs is 1. The van der Waals surface area contributed by atoms with Crippen LogP contribution in [0.15, 0.2) is 145 Å². The van der Waals surface area contributed by atoms with Crippen LogP contribution in [0.2, 0.25) is 0 Å². The molecule has 0 saturated carbocycles. The topological polar surface area (TPSA) is 52.6 Å². The third-order valence-corrected chi connectivity index (χ3v) is 12.5. The fourth-order valence-electron chi connectivity index (χ4n) is 5.87. The van der Waals surface area contributed by atoms with Gasteiger partial charge < -0.3 is 9.47 Å². The van der Waals surface area contributed by atoms with E-state index in [1.165, 1.54) is 15.9 Å². The highest BCUT2D eigenvalue weighted by Gasteiger charge is 2.44. The summed E-state index contributed by atoms with van der Waals surface area (Å²) >= 11 is 0. The van der Waals surface area contributed by atoms with Gasteiger partial charge in [0.05, 0.1) is 25.5 Å². The maximum absolute atomic E-state index is 13.8. The average molecular weight is 584 g/mol. The molecule has 0 unspecified atom stereocenters. The first-order chi connectivity index (χ1) is 21.1. The zero-order valence-corrected chi connectivity index (χ0v) is 24.9. The Bertz CT molecular complexity index is 1670. The molecule has 0 heterocycles. The maximum atomic E-state index is 13.8. The number of hydrogen-bond acceptors (Lipinski definition) is 4. The van der Waals surface area contributed by atoms with Gasteiger partial charge in [0.2, 0.25) is 5.78 Å². The number of allylic oxidation sites excluding steroid dienone is 2. The van der Waals surface area contributed by atoms with Gasteiger partial charge in [-0.1, -0.05) is 91.0 Å². The molecule has 5 aromatic carbocycles. The van der Waals surface area contributed by atoms with Crippen molar-refractivity contribution in [3.05, 3.63) is 162 Å². The van der Waals surface area contributed by atoms with Crippen molar-refractivity contribution in [1.82, 2.24) is 0 Å². The van der Waals surface area contributed by atoms with Crippen LogP contribution in [-0.4, -0.2) is 31.4 Å². The molecular formula is C38H32O4P+. The Morgan fingerprint density at radius 3 is 1.51 bits per heavy atom. The van der Waals surface area contributed by atoms with Crippen LogP contribution >= 0.6 is 7.26 Å². The van der Waals surface area contributed by atoms with E-state index in [-0.39, 0.29) is 17.3 Å². The summed E-state index contributed by atoms with van der Waals surface area (Å²) < 4.78 is 11.7. The van der Waals surface area contributed by atoms with Crippen molar-refractivity contribution >= 4 is 40.3 Å². The Hall–Kier alpha value is -4.79. The van der Waals surface area contributed by atoms with E-state index in [4.69, 9.17) is 9.47 Å². The number of carbonyl (C=O) groups is 2. The molecule has 0 aromatic heterocycles. The largest absolute Gasteiger partial charge is 0.497 e. The summed E-state index contributed by atoms with van der Waals surface area (Å²) in [6.07, 6.45) is 1.53. The molecule has 0 saturated heterocycles. The van der Waals surface area contributed by atoms with Gasteiger partial charge in [0.1, 0.15) is 28.9 Å². The monoisotopic (exact) mass is 583 g/mol.